The quantitative estimate of drug-likeness (QED) is 0.860. The number of nitrogens with zero attached hydrogens (tertiary/aromatic N) is 2. The van der Waals surface area contributed by atoms with Crippen LogP contribution >= 0.6 is 11.8 Å². The van der Waals surface area contributed by atoms with Crippen LogP contribution in [0, 0.1) is 0 Å². The minimum atomic E-state index is 0.368. The number of hydrogen-bond donors (Lipinski definition) is 1. The third-order valence-electron chi connectivity index (χ3n) is 1.98. The van der Waals surface area contributed by atoms with Gasteiger partial charge in [-0.3, -0.25) is 0 Å². The number of hydrogen-bond acceptors (Lipinski definition) is 6. The Balaban J connectivity index is 2.11. The summed E-state index contributed by atoms with van der Waals surface area (Å²) in [7, 11) is 0. The smallest absolute Gasteiger partial charge is 0.293 e. The van der Waals surface area contributed by atoms with Gasteiger partial charge in [0.2, 0.25) is 0 Å². The number of thioether (sulfide) groups is 1. The van der Waals surface area contributed by atoms with E-state index in [1.165, 1.54) is 0 Å². The summed E-state index contributed by atoms with van der Waals surface area (Å²) in [5.41, 5.74) is 5.45. The summed E-state index contributed by atoms with van der Waals surface area (Å²) in [4.78, 5) is 4.23. The topological polar surface area (TPSA) is 78.1 Å². The van der Waals surface area contributed by atoms with Crippen LogP contribution in [-0.2, 0) is 12.3 Å². The van der Waals surface area contributed by atoms with E-state index in [0.717, 1.165) is 11.5 Å². The average Bonchev–Trinajstić information content (AvgIpc) is 2.94. The van der Waals surface area contributed by atoms with Crippen LogP contribution < -0.4 is 5.73 Å². The second-order valence-electron chi connectivity index (χ2n) is 3.12. The van der Waals surface area contributed by atoms with Gasteiger partial charge in [0, 0.05) is 0 Å². The second kappa shape index (κ2) is 5.18. The maximum Gasteiger partial charge on any atom is 0.293 e. The van der Waals surface area contributed by atoms with Crippen molar-refractivity contribution in [3.63, 3.8) is 0 Å². The summed E-state index contributed by atoms with van der Waals surface area (Å²) in [6, 6.07) is 3.59. The number of aromatic nitrogens is 2. The summed E-state index contributed by atoms with van der Waals surface area (Å²) in [5.74, 6) is 4.16. The molecule has 0 amide bonds. The predicted octanol–water partition coefficient (Wildman–Crippen LogP) is 2.04. The predicted molar refractivity (Wildman–Crippen MR) is 61.7 cm³/mol. The van der Waals surface area contributed by atoms with Crippen molar-refractivity contribution in [2.45, 2.75) is 19.2 Å². The molecule has 2 N–H and O–H groups in total. The normalized spacial score (nSPS) is 10.9. The molecule has 0 atom stereocenters. The SMILES string of the molecule is CCSCc1noc(-c2ccc(CN)o2)n1. The van der Waals surface area contributed by atoms with E-state index in [2.05, 4.69) is 17.1 Å². The molecule has 2 aromatic heterocycles. The lowest BCUT2D eigenvalue weighted by molar-refractivity contribution is 0.407. The molecule has 6 heteroatoms. The zero-order chi connectivity index (χ0) is 11.4. The van der Waals surface area contributed by atoms with E-state index in [-0.39, 0.29) is 0 Å². The van der Waals surface area contributed by atoms with Crippen molar-refractivity contribution >= 4 is 11.8 Å². The zero-order valence-corrected chi connectivity index (χ0v) is 9.79. The lowest BCUT2D eigenvalue weighted by Gasteiger charge is -1.89. The van der Waals surface area contributed by atoms with E-state index in [4.69, 9.17) is 14.7 Å². The first-order valence-corrected chi connectivity index (χ1v) is 6.18. The van der Waals surface area contributed by atoms with Crippen molar-refractivity contribution in [2.24, 2.45) is 5.73 Å². The number of rotatable bonds is 5. The Morgan fingerprint density at radius 1 is 1.44 bits per heavy atom. The molecule has 2 heterocycles. The van der Waals surface area contributed by atoms with Gasteiger partial charge in [0.25, 0.3) is 5.89 Å². The van der Waals surface area contributed by atoms with Gasteiger partial charge in [-0.2, -0.15) is 16.7 Å². The maximum absolute atomic E-state index is 5.45. The van der Waals surface area contributed by atoms with E-state index < -0.39 is 0 Å². The third-order valence-corrected chi connectivity index (χ3v) is 2.85. The lowest BCUT2D eigenvalue weighted by Crippen LogP contribution is -1.92. The van der Waals surface area contributed by atoms with Crippen molar-refractivity contribution in [2.75, 3.05) is 5.75 Å². The van der Waals surface area contributed by atoms with Gasteiger partial charge in [0.05, 0.1) is 12.3 Å². The van der Waals surface area contributed by atoms with Crippen molar-refractivity contribution in [3.05, 3.63) is 23.7 Å². The van der Waals surface area contributed by atoms with Crippen molar-refractivity contribution in [1.82, 2.24) is 10.1 Å². The summed E-state index contributed by atoms with van der Waals surface area (Å²) in [6.45, 7) is 2.46. The van der Waals surface area contributed by atoms with E-state index in [9.17, 15) is 0 Å². The van der Waals surface area contributed by atoms with Crippen LogP contribution in [-0.4, -0.2) is 15.9 Å². The van der Waals surface area contributed by atoms with Gasteiger partial charge in [-0.05, 0) is 17.9 Å². The Hall–Kier alpha value is -1.27. The van der Waals surface area contributed by atoms with Crippen LogP contribution in [0.15, 0.2) is 21.1 Å². The summed E-state index contributed by atoms with van der Waals surface area (Å²) < 4.78 is 10.5. The Morgan fingerprint density at radius 2 is 2.31 bits per heavy atom. The molecular formula is C10H13N3O2S. The standard InChI is InChI=1S/C10H13N3O2S/c1-2-16-6-9-12-10(15-13-9)8-4-3-7(5-11)14-8/h3-4H,2,5-6,11H2,1H3. The highest BCUT2D eigenvalue weighted by molar-refractivity contribution is 7.98. The van der Waals surface area contributed by atoms with Gasteiger partial charge in [0.1, 0.15) is 5.76 Å². The highest BCUT2D eigenvalue weighted by Crippen LogP contribution is 2.21. The zero-order valence-electron chi connectivity index (χ0n) is 8.97. The first-order valence-electron chi connectivity index (χ1n) is 5.03. The molecule has 0 saturated heterocycles. The Bertz CT molecular complexity index is 452. The molecule has 0 unspecified atom stereocenters. The number of nitrogens with two attached hydrogens (primary N) is 1. The minimum absolute atomic E-state index is 0.368. The minimum Gasteiger partial charge on any atom is -0.455 e. The summed E-state index contributed by atoms with van der Waals surface area (Å²) >= 11 is 1.74. The van der Waals surface area contributed by atoms with Crippen molar-refractivity contribution in [3.8, 4) is 11.7 Å². The molecule has 5 nitrogen and oxygen atoms in total. The van der Waals surface area contributed by atoms with E-state index in [1.54, 1.807) is 23.9 Å². The van der Waals surface area contributed by atoms with Gasteiger partial charge in [-0.25, -0.2) is 0 Å². The summed E-state index contributed by atoms with van der Waals surface area (Å²) in [6.07, 6.45) is 0. The van der Waals surface area contributed by atoms with Crippen LogP contribution in [0.3, 0.4) is 0 Å². The fourth-order valence-electron chi connectivity index (χ4n) is 1.21. The highest BCUT2D eigenvalue weighted by atomic mass is 32.2. The molecule has 0 fully saturated rings. The van der Waals surface area contributed by atoms with E-state index in [1.807, 2.05) is 0 Å². The molecule has 2 rings (SSSR count). The van der Waals surface area contributed by atoms with Crippen LogP contribution in [0.1, 0.15) is 18.5 Å². The Kier molecular flexibility index (Phi) is 3.63. The molecule has 0 aliphatic heterocycles. The molecule has 0 spiro atoms. The molecule has 86 valence electrons. The van der Waals surface area contributed by atoms with Crippen LogP contribution in [0.4, 0.5) is 0 Å². The molecule has 0 saturated carbocycles. The van der Waals surface area contributed by atoms with Gasteiger partial charge >= 0.3 is 0 Å². The molecule has 0 radical (unpaired) electrons. The van der Waals surface area contributed by atoms with Gasteiger partial charge < -0.3 is 14.7 Å². The molecule has 0 aromatic carbocycles. The molecule has 0 aliphatic rings. The fourth-order valence-corrected chi connectivity index (χ4v) is 1.71. The number of furan rings is 1. The first-order chi connectivity index (χ1) is 7.83. The summed E-state index contributed by atoms with van der Waals surface area (Å²) in [5, 5.41) is 3.87. The first kappa shape index (κ1) is 11.2. The van der Waals surface area contributed by atoms with Crippen molar-refractivity contribution < 1.29 is 8.94 Å². The van der Waals surface area contributed by atoms with Crippen molar-refractivity contribution in [1.29, 1.82) is 0 Å². The maximum atomic E-state index is 5.45. The molecule has 16 heavy (non-hydrogen) atoms. The van der Waals surface area contributed by atoms with Crippen LogP contribution in [0.25, 0.3) is 11.7 Å². The molecule has 2 aromatic rings. The van der Waals surface area contributed by atoms with Gasteiger partial charge in [0.15, 0.2) is 11.6 Å². The van der Waals surface area contributed by atoms with Crippen LogP contribution in [0.5, 0.6) is 0 Å². The molecule has 0 aliphatic carbocycles. The second-order valence-corrected chi connectivity index (χ2v) is 4.40. The third kappa shape index (κ3) is 2.45. The lowest BCUT2D eigenvalue weighted by atomic mass is 10.4. The Morgan fingerprint density at radius 3 is 3.00 bits per heavy atom. The van der Waals surface area contributed by atoms with Crippen LogP contribution in [0.2, 0.25) is 0 Å². The monoisotopic (exact) mass is 239 g/mol. The highest BCUT2D eigenvalue weighted by Gasteiger charge is 2.12. The van der Waals surface area contributed by atoms with E-state index in [0.29, 0.717) is 29.8 Å². The Labute approximate surface area is 97.4 Å². The van der Waals surface area contributed by atoms with Gasteiger partial charge in [-0.1, -0.05) is 12.1 Å². The average molecular weight is 239 g/mol. The fraction of sp³-hybridized carbons (Fsp3) is 0.400. The van der Waals surface area contributed by atoms with E-state index >= 15 is 0 Å². The largest absolute Gasteiger partial charge is 0.455 e. The van der Waals surface area contributed by atoms with Gasteiger partial charge in [-0.15, -0.1) is 0 Å². The molecule has 0 bridgehead atoms. The molecular weight excluding hydrogens is 226 g/mol.